The summed E-state index contributed by atoms with van der Waals surface area (Å²) in [5, 5.41) is 3.50. The fourth-order valence-corrected chi connectivity index (χ4v) is 3.78. The number of halogens is 1. The summed E-state index contributed by atoms with van der Waals surface area (Å²) in [4.78, 5) is 18.1. The lowest BCUT2D eigenvalue weighted by Gasteiger charge is -2.24. The molecular formula is C19H36IN3O3. The van der Waals surface area contributed by atoms with E-state index in [4.69, 9.17) is 9.47 Å². The molecule has 1 N–H and O–H groups in total. The maximum absolute atomic E-state index is 11.2. The number of carbonyl (C=O) groups excluding carboxylic acids is 1. The van der Waals surface area contributed by atoms with Crippen molar-refractivity contribution in [3.05, 3.63) is 0 Å². The number of hydrogen-bond acceptors (Lipinski definition) is 4. The van der Waals surface area contributed by atoms with Crippen molar-refractivity contribution in [2.45, 2.75) is 58.3 Å². The van der Waals surface area contributed by atoms with Gasteiger partial charge < -0.3 is 19.7 Å². The molecule has 6 nitrogen and oxygen atoms in total. The van der Waals surface area contributed by atoms with E-state index >= 15 is 0 Å². The summed E-state index contributed by atoms with van der Waals surface area (Å²) in [5.41, 5.74) is 0.372. The van der Waals surface area contributed by atoms with E-state index in [0.29, 0.717) is 18.4 Å². The van der Waals surface area contributed by atoms with Crippen molar-refractivity contribution in [3.8, 4) is 0 Å². The first kappa shape index (κ1) is 23.5. The summed E-state index contributed by atoms with van der Waals surface area (Å²) >= 11 is 0. The van der Waals surface area contributed by atoms with Crippen molar-refractivity contribution in [3.63, 3.8) is 0 Å². The number of rotatable bonds is 9. The van der Waals surface area contributed by atoms with Gasteiger partial charge in [-0.1, -0.05) is 19.3 Å². The Morgan fingerprint density at radius 2 is 2.00 bits per heavy atom. The van der Waals surface area contributed by atoms with Crippen LogP contribution in [0.25, 0.3) is 0 Å². The fraction of sp³-hybridized carbons (Fsp3) is 0.895. The van der Waals surface area contributed by atoms with Crippen LogP contribution >= 0.6 is 24.0 Å². The highest BCUT2D eigenvalue weighted by Gasteiger charge is 2.42. The van der Waals surface area contributed by atoms with Gasteiger partial charge in [-0.25, -0.2) is 0 Å². The van der Waals surface area contributed by atoms with Gasteiger partial charge in [0.05, 0.1) is 13.2 Å². The molecule has 152 valence electrons. The molecule has 2 rings (SSSR count). The van der Waals surface area contributed by atoms with Crippen LogP contribution in [0.2, 0.25) is 0 Å². The second-order valence-electron chi connectivity index (χ2n) is 7.27. The average Bonchev–Trinajstić information content (AvgIpc) is 3.24. The number of nitrogens with zero attached hydrogens (tertiary/aromatic N) is 2. The summed E-state index contributed by atoms with van der Waals surface area (Å²) in [6, 6.07) is 0. The van der Waals surface area contributed by atoms with Gasteiger partial charge in [-0.3, -0.25) is 9.79 Å². The lowest BCUT2D eigenvalue weighted by atomic mass is 9.87. The molecule has 1 spiro atoms. The third-order valence-corrected chi connectivity index (χ3v) is 5.28. The van der Waals surface area contributed by atoms with Crippen LogP contribution in [-0.4, -0.2) is 63.3 Å². The Morgan fingerprint density at radius 3 is 2.69 bits per heavy atom. The summed E-state index contributed by atoms with van der Waals surface area (Å²) in [6.07, 6.45) is 8.49. The quantitative estimate of drug-likeness (QED) is 0.180. The zero-order valence-electron chi connectivity index (χ0n) is 16.4. The largest absolute Gasteiger partial charge is 0.466 e. The molecular weight excluding hydrogens is 445 g/mol. The van der Waals surface area contributed by atoms with E-state index in [2.05, 4.69) is 15.2 Å². The Hall–Kier alpha value is -0.570. The molecule has 2 aliphatic rings. The van der Waals surface area contributed by atoms with Crippen LogP contribution in [0.1, 0.15) is 58.3 Å². The van der Waals surface area contributed by atoms with Crippen LogP contribution < -0.4 is 5.32 Å². The predicted octanol–water partition coefficient (Wildman–Crippen LogP) is 3.20. The van der Waals surface area contributed by atoms with Gasteiger partial charge in [0.25, 0.3) is 0 Å². The number of likely N-dealkylation sites (tertiary alicyclic amines) is 1. The first-order chi connectivity index (χ1) is 12.2. The average molecular weight is 481 g/mol. The molecule has 0 amide bonds. The zero-order valence-corrected chi connectivity index (χ0v) is 18.8. The van der Waals surface area contributed by atoms with Crippen molar-refractivity contribution < 1.29 is 14.3 Å². The highest BCUT2D eigenvalue weighted by Crippen LogP contribution is 2.38. The van der Waals surface area contributed by atoms with Crippen LogP contribution in [0.5, 0.6) is 0 Å². The summed E-state index contributed by atoms with van der Waals surface area (Å²) in [6.45, 7) is 7.27. The first-order valence-electron chi connectivity index (χ1n) is 9.88. The van der Waals surface area contributed by atoms with Gasteiger partial charge in [0.15, 0.2) is 5.96 Å². The van der Waals surface area contributed by atoms with E-state index < -0.39 is 0 Å². The number of aliphatic imine (C=N–C) groups is 1. The number of carbonyl (C=O) groups is 1. The Bertz CT molecular complexity index is 440. The van der Waals surface area contributed by atoms with Gasteiger partial charge in [0, 0.05) is 45.1 Å². The maximum Gasteiger partial charge on any atom is 0.305 e. The lowest BCUT2D eigenvalue weighted by Crippen LogP contribution is -2.41. The molecule has 2 fully saturated rings. The van der Waals surface area contributed by atoms with Crippen LogP contribution in [0.4, 0.5) is 0 Å². The minimum atomic E-state index is -0.0657. The fourth-order valence-electron chi connectivity index (χ4n) is 3.78. The van der Waals surface area contributed by atoms with Gasteiger partial charge in [0.2, 0.25) is 0 Å². The topological polar surface area (TPSA) is 63.2 Å². The van der Waals surface area contributed by atoms with Crippen LogP contribution in [0, 0.1) is 5.41 Å². The molecule has 0 radical (unpaired) electrons. The zero-order chi connectivity index (χ0) is 18.0. The van der Waals surface area contributed by atoms with E-state index in [0.717, 1.165) is 58.1 Å². The predicted molar refractivity (Wildman–Crippen MR) is 115 cm³/mol. The lowest BCUT2D eigenvalue weighted by molar-refractivity contribution is -0.143. The van der Waals surface area contributed by atoms with Crippen LogP contribution in [-0.2, 0) is 14.3 Å². The minimum absolute atomic E-state index is 0. The first-order valence-corrected chi connectivity index (χ1v) is 9.88. The van der Waals surface area contributed by atoms with E-state index in [9.17, 15) is 4.79 Å². The molecule has 1 atom stereocenters. The van der Waals surface area contributed by atoms with Gasteiger partial charge >= 0.3 is 5.97 Å². The van der Waals surface area contributed by atoms with Crippen molar-refractivity contribution in [2.24, 2.45) is 10.4 Å². The van der Waals surface area contributed by atoms with E-state index in [1.54, 1.807) is 0 Å². The smallest absolute Gasteiger partial charge is 0.305 e. The molecule has 2 aliphatic heterocycles. The Kier molecular flexibility index (Phi) is 11.5. The molecule has 26 heavy (non-hydrogen) atoms. The molecule has 2 saturated heterocycles. The monoisotopic (exact) mass is 481 g/mol. The summed E-state index contributed by atoms with van der Waals surface area (Å²) in [7, 11) is 1.87. The molecule has 2 heterocycles. The molecule has 7 heteroatoms. The third kappa shape index (κ3) is 7.58. The third-order valence-electron chi connectivity index (χ3n) is 5.28. The number of esters is 1. The second kappa shape index (κ2) is 12.8. The van der Waals surface area contributed by atoms with Crippen molar-refractivity contribution in [1.29, 1.82) is 0 Å². The maximum atomic E-state index is 11.2. The normalized spacial score (nSPS) is 22.5. The number of ether oxygens (including phenoxy) is 2. The highest BCUT2D eigenvalue weighted by atomic mass is 127. The van der Waals surface area contributed by atoms with Crippen LogP contribution in [0.3, 0.4) is 0 Å². The number of unbranched alkanes of at least 4 members (excludes halogenated alkanes) is 4. The number of guanidine groups is 1. The number of hydrogen-bond donors (Lipinski definition) is 1. The molecule has 0 bridgehead atoms. The Morgan fingerprint density at radius 1 is 1.23 bits per heavy atom. The van der Waals surface area contributed by atoms with Gasteiger partial charge in [-0.2, -0.15) is 0 Å². The molecule has 0 aromatic heterocycles. The second-order valence-corrected chi connectivity index (χ2v) is 7.27. The van der Waals surface area contributed by atoms with Gasteiger partial charge in [-0.15, -0.1) is 24.0 Å². The molecule has 0 aliphatic carbocycles. The van der Waals surface area contributed by atoms with Crippen molar-refractivity contribution in [1.82, 2.24) is 10.2 Å². The molecule has 1 unspecified atom stereocenters. The van der Waals surface area contributed by atoms with Gasteiger partial charge in [-0.05, 0) is 32.6 Å². The molecule has 0 saturated carbocycles. The van der Waals surface area contributed by atoms with Crippen LogP contribution in [0.15, 0.2) is 4.99 Å². The molecule has 0 aromatic rings. The summed E-state index contributed by atoms with van der Waals surface area (Å²) in [5.74, 6) is 0.968. The van der Waals surface area contributed by atoms with Crippen molar-refractivity contribution in [2.75, 3.05) is 46.5 Å². The van der Waals surface area contributed by atoms with E-state index in [1.165, 1.54) is 25.7 Å². The summed E-state index contributed by atoms with van der Waals surface area (Å²) < 4.78 is 10.5. The molecule has 0 aromatic carbocycles. The Balaban J connectivity index is 0.00000338. The van der Waals surface area contributed by atoms with Gasteiger partial charge in [0.1, 0.15) is 0 Å². The minimum Gasteiger partial charge on any atom is -0.466 e. The SMILES string of the molecule is CCOC(=O)CCCCCCCNC(=NC)N1CCC2(CCOC2)C1.I. The standard InChI is InChI=1S/C19H35N3O3.HI/c1-3-25-17(23)9-7-5-4-6-8-12-21-18(20-2)22-13-10-19(15-22)11-14-24-16-19;/h3-16H2,1-2H3,(H,20,21);1H. The van der Waals surface area contributed by atoms with E-state index in [1.807, 2.05) is 14.0 Å². The highest BCUT2D eigenvalue weighted by molar-refractivity contribution is 14.0. The Labute approximate surface area is 175 Å². The number of nitrogens with one attached hydrogen (secondary N) is 1. The van der Waals surface area contributed by atoms with E-state index in [-0.39, 0.29) is 29.9 Å². The van der Waals surface area contributed by atoms with Crippen molar-refractivity contribution >= 4 is 35.9 Å².